The zero-order valence-electron chi connectivity index (χ0n) is 50.6. The molecule has 0 saturated carbocycles. The van der Waals surface area contributed by atoms with Crippen LogP contribution in [0.5, 0.6) is 23.0 Å². The van der Waals surface area contributed by atoms with Crippen LogP contribution in [-0.2, 0) is 0 Å². The van der Waals surface area contributed by atoms with Crippen molar-refractivity contribution in [3.63, 3.8) is 0 Å². The fourth-order valence-corrected chi connectivity index (χ4v) is 15.5. The lowest BCUT2D eigenvalue weighted by molar-refractivity contribution is 0.486. The summed E-state index contributed by atoms with van der Waals surface area (Å²) < 4.78 is 12.9. The second-order valence-corrected chi connectivity index (χ2v) is 24.7. The molecular formula is C90H50N2O2. The standard InChI is InChI=1S/2C45H25NO/c46-26-27-19-20-36-38-22-21-35(37-17-8-18-43(45(37)38)47-44(36)23-27)40-25-42-33-14-5-3-12-31(33)39(24-41(42)34-15-6-4-13-32(34)40)30-16-7-10-28-9-1-2-11-29(28)30;46-26-27-16-19-36-38-21-20-35(37-14-7-15-43(45(37)38)47-44(36)22-27)40-25-42-32-11-4-3-10-31(32)39(24-41(42)34-13-6-5-12-33(34)40)30-18-17-28-8-1-2-9-29(28)23-30/h2*1-25H. The van der Waals surface area contributed by atoms with E-state index in [4.69, 9.17) is 9.47 Å². The summed E-state index contributed by atoms with van der Waals surface area (Å²) in [5.74, 6) is 3.08. The van der Waals surface area contributed by atoms with Crippen LogP contribution in [0.25, 0.3) is 174 Å². The minimum atomic E-state index is 0.592. The predicted molar refractivity (Wildman–Crippen MR) is 390 cm³/mol. The van der Waals surface area contributed by atoms with Crippen molar-refractivity contribution < 1.29 is 9.47 Å². The summed E-state index contributed by atoms with van der Waals surface area (Å²) in [6.45, 7) is 0. The van der Waals surface area contributed by atoms with E-state index in [0.717, 1.165) is 66.8 Å². The van der Waals surface area contributed by atoms with E-state index in [1.165, 1.54) is 131 Å². The summed E-state index contributed by atoms with van der Waals surface area (Å²) in [6.07, 6.45) is 0. The van der Waals surface area contributed by atoms with E-state index < -0.39 is 0 Å². The van der Waals surface area contributed by atoms with Gasteiger partial charge < -0.3 is 9.47 Å². The van der Waals surface area contributed by atoms with E-state index in [0.29, 0.717) is 11.1 Å². The summed E-state index contributed by atoms with van der Waals surface area (Å²) in [5.41, 5.74) is 15.2. The Morgan fingerprint density at radius 1 is 0.191 bits per heavy atom. The van der Waals surface area contributed by atoms with Crippen molar-refractivity contribution >= 4 is 108 Å². The van der Waals surface area contributed by atoms with Gasteiger partial charge >= 0.3 is 0 Å². The number of hydrogen-bond donors (Lipinski definition) is 0. The van der Waals surface area contributed by atoms with Crippen molar-refractivity contribution in [2.24, 2.45) is 0 Å². The molecule has 0 radical (unpaired) electrons. The largest absolute Gasteiger partial charge is 0.456 e. The molecule has 2 aliphatic heterocycles. The average molecular weight is 1190 g/mol. The molecule has 94 heavy (non-hydrogen) atoms. The zero-order chi connectivity index (χ0) is 62.1. The van der Waals surface area contributed by atoms with Crippen LogP contribution in [0.1, 0.15) is 11.1 Å². The van der Waals surface area contributed by atoms with Crippen molar-refractivity contribution in [2.75, 3.05) is 0 Å². The van der Waals surface area contributed by atoms with Crippen LogP contribution in [0.3, 0.4) is 0 Å². The molecule has 0 aromatic heterocycles. The van der Waals surface area contributed by atoms with E-state index in [-0.39, 0.29) is 0 Å². The molecule has 18 aromatic rings. The number of rotatable bonds is 4. The Morgan fingerprint density at radius 3 is 1.02 bits per heavy atom. The third-order valence-electron chi connectivity index (χ3n) is 19.7. The van der Waals surface area contributed by atoms with Gasteiger partial charge in [0.15, 0.2) is 0 Å². The van der Waals surface area contributed by atoms with Gasteiger partial charge in [-0.25, -0.2) is 0 Å². The number of fused-ring (bicyclic) bond motifs is 16. The Kier molecular flexibility index (Phi) is 11.8. The van der Waals surface area contributed by atoms with Gasteiger partial charge in [-0.3, -0.25) is 0 Å². The van der Waals surface area contributed by atoms with Crippen LogP contribution in [0.2, 0.25) is 0 Å². The molecule has 20 rings (SSSR count). The second kappa shape index (κ2) is 20.9. The highest BCUT2D eigenvalue weighted by Crippen LogP contribution is 2.53. The van der Waals surface area contributed by atoms with Gasteiger partial charge in [0, 0.05) is 21.9 Å². The zero-order valence-corrected chi connectivity index (χ0v) is 50.6. The average Bonchev–Trinajstić information content (AvgIpc) is 0.731. The van der Waals surface area contributed by atoms with Crippen LogP contribution in [0.4, 0.5) is 0 Å². The van der Waals surface area contributed by atoms with Gasteiger partial charge in [-0.15, -0.1) is 0 Å². The predicted octanol–water partition coefficient (Wildman–Crippen LogP) is 24.9. The first kappa shape index (κ1) is 53.0. The molecular weight excluding hydrogens is 1140 g/mol. The smallest absolute Gasteiger partial charge is 0.136 e. The lowest BCUT2D eigenvalue weighted by atomic mass is 9.84. The van der Waals surface area contributed by atoms with Gasteiger partial charge in [-0.2, -0.15) is 10.5 Å². The first-order valence-corrected chi connectivity index (χ1v) is 31.8. The van der Waals surface area contributed by atoms with Crippen molar-refractivity contribution in [3.05, 3.63) is 314 Å². The van der Waals surface area contributed by atoms with Gasteiger partial charge in [0.2, 0.25) is 0 Å². The lowest BCUT2D eigenvalue weighted by Crippen LogP contribution is -1.98. The SMILES string of the molecule is N#Cc1ccc2c(c1)Oc1cccc3c(-c4cc5c6ccccc6c(-c6ccc7ccccc7c6)cc5c5ccccc45)ccc-2c13.N#Cc1ccc2c(c1)Oc1cccc3c(-c4cc5c6ccccc6c(-c6cccc7ccccc67)cc5c5ccccc45)ccc-2c13. The summed E-state index contributed by atoms with van der Waals surface area (Å²) in [4.78, 5) is 0. The molecule has 0 bridgehead atoms. The molecule has 4 heteroatoms. The molecule has 2 heterocycles. The van der Waals surface area contributed by atoms with Gasteiger partial charge in [0.1, 0.15) is 23.0 Å². The number of nitriles is 2. The van der Waals surface area contributed by atoms with Crippen LogP contribution in [0, 0.1) is 22.7 Å². The number of benzene rings is 18. The molecule has 0 atom stereocenters. The van der Waals surface area contributed by atoms with Crippen LogP contribution < -0.4 is 9.47 Å². The first-order chi connectivity index (χ1) is 46.5. The fraction of sp³-hybridized carbons (Fsp3) is 0. The molecule has 0 aliphatic carbocycles. The first-order valence-electron chi connectivity index (χ1n) is 31.8. The maximum absolute atomic E-state index is 9.49. The summed E-state index contributed by atoms with van der Waals surface area (Å²) in [7, 11) is 0. The van der Waals surface area contributed by atoms with E-state index >= 15 is 0 Å². The fourth-order valence-electron chi connectivity index (χ4n) is 15.5. The normalized spacial score (nSPS) is 12.0. The van der Waals surface area contributed by atoms with Crippen LogP contribution in [-0.4, -0.2) is 0 Å². The highest BCUT2D eigenvalue weighted by atomic mass is 16.5. The van der Waals surface area contributed by atoms with Gasteiger partial charge in [-0.05, 0) is 231 Å². The van der Waals surface area contributed by atoms with Crippen molar-refractivity contribution in [3.8, 4) is 102 Å². The van der Waals surface area contributed by atoms with Crippen LogP contribution in [0.15, 0.2) is 303 Å². The third-order valence-corrected chi connectivity index (χ3v) is 19.7. The van der Waals surface area contributed by atoms with Crippen LogP contribution >= 0.6 is 0 Å². The van der Waals surface area contributed by atoms with Gasteiger partial charge in [-0.1, -0.05) is 224 Å². The molecule has 0 amide bonds. The Bertz CT molecular complexity index is 6450. The molecule has 0 saturated heterocycles. The molecule has 2 aliphatic rings. The van der Waals surface area contributed by atoms with Crippen molar-refractivity contribution in [2.45, 2.75) is 0 Å². The number of ether oxygens (including phenoxy) is 2. The highest BCUT2D eigenvalue weighted by Gasteiger charge is 2.26. The molecule has 4 nitrogen and oxygen atoms in total. The Morgan fingerprint density at radius 2 is 0.543 bits per heavy atom. The summed E-state index contributed by atoms with van der Waals surface area (Å²) >= 11 is 0. The molecule has 432 valence electrons. The van der Waals surface area contributed by atoms with E-state index in [1.807, 2.05) is 48.5 Å². The molecule has 18 aromatic carbocycles. The maximum atomic E-state index is 9.49. The number of hydrogen-bond acceptors (Lipinski definition) is 4. The lowest BCUT2D eigenvalue weighted by Gasteiger charge is -2.23. The van der Waals surface area contributed by atoms with Gasteiger partial charge in [0.05, 0.1) is 23.3 Å². The van der Waals surface area contributed by atoms with Gasteiger partial charge in [0.25, 0.3) is 0 Å². The minimum absolute atomic E-state index is 0.592. The summed E-state index contributed by atoms with van der Waals surface area (Å²) in [5, 5.41) is 43.3. The Balaban J connectivity index is 0.000000133. The third kappa shape index (κ3) is 8.11. The van der Waals surface area contributed by atoms with E-state index in [2.05, 4.69) is 267 Å². The molecule has 0 spiro atoms. The second-order valence-electron chi connectivity index (χ2n) is 24.7. The highest BCUT2D eigenvalue weighted by molar-refractivity contribution is 6.28. The maximum Gasteiger partial charge on any atom is 0.136 e. The minimum Gasteiger partial charge on any atom is -0.456 e. The summed E-state index contributed by atoms with van der Waals surface area (Å²) in [6, 6.07) is 113. The van der Waals surface area contributed by atoms with Crippen molar-refractivity contribution in [1.82, 2.24) is 0 Å². The Labute approximate surface area is 540 Å². The monoisotopic (exact) mass is 1190 g/mol. The molecule has 0 N–H and O–H groups in total. The van der Waals surface area contributed by atoms with E-state index in [1.54, 1.807) is 0 Å². The quantitative estimate of drug-likeness (QED) is 0.165. The van der Waals surface area contributed by atoms with E-state index in [9.17, 15) is 10.5 Å². The topological polar surface area (TPSA) is 66.0 Å². The van der Waals surface area contributed by atoms with Crippen molar-refractivity contribution in [1.29, 1.82) is 10.5 Å². The number of nitrogens with zero attached hydrogens (tertiary/aromatic N) is 2. The molecule has 0 unspecified atom stereocenters. The Hall–Kier alpha value is -12.9. The molecule has 0 fully saturated rings.